The number of ketones is 1. The molecule has 2 rings (SSSR count). The lowest BCUT2D eigenvalue weighted by Crippen LogP contribution is -2.28. The molecule has 0 radical (unpaired) electrons. The SMILES string of the molecule is O=C1C2CCCCC1C(O)CCC2. The van der Waals surface area contributed by atoms with Crippen molar-refractivity contribution >= 4 is 5.78 Å². The molecule has 2 aliphatic carbocycles. The normalized spacial score (nSPS) is 41.0. The summed E-state index contributed by atoms with van der Waals surface area (Å²) in [5.74, 6) is 0.627. The predicted molar refractivity (Wildman–Crippen MR) is 50.3 cm³/mol. The van der Waals surface area contributed by atoms with Gasteiger partial charge in [-0.3, -0.25) is 4.79 Å². The van der Waals surface area contributed by atoms with Crippen molar-refractivity contribution in [3.05, 3.63) is 0 Å². The molecule has 0 spiro atoms. The van der Waals surface area contributed by atoms with Gasteiger partial charge in [0.05, 0.1) is 6.10 Å². The van der Waals surface area contributed by atoms with Crippen molar-refractivity contribution in [1.82, 2.24) is 0 Å². The van der Waals surface area contributed by atoms with Gasteiger partial charge in [-0.1, -0.05) is 19.3 Å². The third-order valence-corrected chi connectivity index (χ3v) is 3.60. The first kappa shape index (κ1) is 9.20. The van der Waals surface area contributed by atoms with Crippen LogP contribution < -0.4 is 0 Å². The summed E-state index contributed by atoms with van der Waals surface area (Å²) < 4.78 is 0. The van der Waals surface area contributed by atoms with E-state index in [4.69, 9.17) is 0 Å². The lowest BCUT2D eigenvalue weighted by atomic mass is 9.89. The van der Waals surface area contributed by atoms with Crippen LogP contribution in [0.5, 0.6) is 0 Å². The third-order valence-electron chi connectivity index (χ3n) is 3.60. The van der Waals surface area contributed by atoms with Gasteiger partial charge in [0, 0.05) is 11.8 Å². The molecule has 0 aromatic heterocycles. The van der Waals surface area contributed by atoms with Crippen LogP contribution in [0.4, 0.5) is 0 Å². The number of fused-ring (bicyclic) bond motifs is 2. The zero-order valence-electron chi connectivity index (χ0n) is 8.04. The number of aliphatic hydroxyl groups excluding tert-OH is 1. The molecule has 1 N–H and O–H groups in total. The summed E-state index contributed by atoms with van der Waals surface area (Å²) in [5, 5.41) is 9.78. The van der Waals surface area contributed by atoms with Gasteiger partial charge in [0.25, 0.3) is 0 Å². The van der Waals surface area contributed by atoms with E-state index in [2.05, 4.69) is 0 Å². The highest BCUT2D eigenvalue weighted by Gasteiger charge is 2.35. The fourth-order valence-corrected chi connectivity index (χ4v) is 2.79. The average molecular weight is 182 g/mol. The van der Waals surface area contributed by atoms with Crippen molar-refractivity contribution < 1.29 is 9.90 Å². The van der Waals surface area contributed by atoms with Gasteiger partial charge >= 0.3 is 0 Å². The Bertz CT molecular complexity index is 200. The Kier molecular flexibility index (Phi) is 2.68. The minimum atomic E-state index is -0.337. The molecule has 0 aliphatic heterocycles. The number of hydrogen-bond acceptors (Lipinski definition) is 2. The second kappa shape index (κ2) is 3.79. The van der Waals surface area contributed by atoms with Gasteiger partial charge < -0.3 is 5.11 Å². The number of hydrogen-bond donors (Lipinski definition) is 1. The highest BCUT2D eigenvalue weighted by Crippen LogP contribution is 2.34. The van der Waals surface area contributed by atoms with Gasteiger partial charge in [-0.15, -0.1) is 0 Å². The van der Waals surface area contributed by atoms with Crippen LogP contribution >= 0.6 is 0 Å². The average Bonchev–Trinajstić information content (AvgIpc) is 2.36. The highest BCUT2D eigenvalue weighted by molar-refractivity contribution is 5.84. The molecule has 2 bridgehead atoms. The first-order valence-corrected chi connectivity index (χ1v) is 5.51. The maximum atomic E-state index is 11.9. The second-order valence-electron chi connectivity index (χ2n) is 4.49. The van der Waals surface area contributed by atoms with Crippen molar-refractivity contribution in [3.63, 3.8) is 0 Å². The predicted octanol–water partition coefficient (Wildman–Crippen LogP) is 1.91. The number of rotatable bonds is 0. The third kappa shape index (κ3) is 1.78. The Labute approximate surface area is 79.3 Å². The summed E-state index contributed by atoms with van der Waals surface area (Å²) in [6.45, 7) is 0. The fourth-order valence-electron chi connectivity index (χ4n) is 2.79. The molecule has 2 saturated carbocycles. The molecule has 2 nitrogen and oxygen atoms in total. The van der Waals surface area contributed by atoms with Crippen LogP contribution in [0.25, 0.3) is 0 Å². The molecule has 0 aromatic carbocycles. The molecule has 0 saturated heterocycles. The van der Waals surface area contributed by atoms with Crippen LogP contribution in [0, 0.1) is 11.8 Å². The Morgan fingerprint density at radius 3 is 2.54 bits per heavy atom. The smallest absolute Gasteiger partial charge is 0.141 e. The molecule has 2 heteroatoms. The number of carbonyl (C=O) groups excluding carboxylic acids is 1. The fraction of sp³-hybridized carbons (Fsp3) is 0.909. The minimum absolute atomic E-state index is 0.0185. The van der Waals surface area contributed by atoms with Crippen molar-refractivity contribution in [2.24, 2.45) is 11.8 Å². The second-order valence-corrected chi connectivity index (χ2v) is 4.49. The first-order chi connectivity index (χ1) is 6.29. The maximum absolute atomic E-state index is 11.9. The van der Waals surface area contributed by atoms with E-state index in [0.717, 1.165) is 38.5 Å². The zero-order valence-corrected chi connectivity index (χ0v) is 8.04. The van der Waals surface area contributed by atoms with Gasteiger partial charge in [-0.05, 0) is 25.7 Å². The van der Waals surface area contributed by atoms with Crippen LogP contribution in [-0.4, -0.2) is 17.0 Å². The number of aliphatic hydroxyl groups is 1. The number of carbonyl (C=O) groups is 1. The maximum Gasteiger partial charge on any atom is 0.141 e. The molecule has 3 unspecified atom stereocenters. The van der Waals surface area contributed by atoms with Crippen LogP contribution in [0.2, 0.25) is 0 Å². The molecule has 13 heavy (non-hydrogen) atoms. The molecule has 2 fully saturated rings. The van der Waals surface area contributed by atoms with Gasteiger partial charge in [-0.2, -0.15) is 0 Å². The first-order valence-electron chi connectivity index (χ1n) is 5.51. The summed E-state index contributed by atoms with van der Waals surface area (Å²) >= 11 is 0. The van der Waals surface area contributed by atoms with Crippen molar-refractivity contribution in [2.75, 3.05) is 0 Å². The Hall–Kier alpha value is -0.370. The minimum Gasteiger partial charge on any atom is -0.392 e. The highest BCUT2D eigenvalue weighted by atomic mass is 16.3. The molecule has 3 atom stereocenters. The van der Waals surface area contributed by atoms with Crippen molar-refractivity contribution in [1.29, 1.82) is 0 Å². The number of Topliss-reactive ketones (excluding diaryl/α,β-unsaturated/α-hetero) is 1. The van der Waals surface area contributed by atoms with Gasteiger partial charge in [-0.25, -0.2) is 0 Å². The van der Waals surface area contributed by atoms with Crippen LogP contribution in [0.1, 0.15) is 44.9 Å². The molecule has 0 amide bonds. The lowest BCUT2D eigenvalue weighted by Gasteiger charge is -2.18. The van der Waals surface area contributed by atoms with Gasteiger partial charge in [0.2, 0.25) is 0 Å². The van der Waals surface area contributed by atoms with E-state index in [1.165, 1.54) is 6.42 Å². The zero-order chi connectivity index (χ0) is 9.26. The summed E-state index contributed by atoms with van der Waals surface area (Å²) in [6.07, 6.45) is 6.87. The van der Waals surface area contributed by atoms with E-state index in [1.54, 1.807) is 0 Å². The summed E-state index contributed by atoms with van der Waals surface area (Å²) in [4.78, 5) is 11.9. The van der Waals surface area contributed by atoms with Gasteiger partial charge in [0.15, 0.2) is 0 Å². The molecule has 0 aromatic rings. The molecule has 0 heterocycles. The topological polar surface area (TPSA) is 37.3 Å². The molecular weight excluding hydrogens is 164 g/mol. The van der Waals surface area contributed by atoms with Crippen LogP contribution in [0.15, 0.2) is 0 Å². The summed E-state index contributed by atoms with van der Waals surface area (Å²) in [5.41, 5.74) is 0. The molecular formula is C11H18O2. The quantitative estimate of drug-likeness (QED) is 0.621. The monoisotopic (exact) mass is 182 g/mol. The van der Waals surface area contributed by atoms with Gasteiger partial charge in [0.1, 0.15) is 5.78 Å². The Balaban J connectivity index is 2.18. The molecule has 2 aliphatic rings. The van der Waals surface area contributed by atoms with Crippen LogP contribution in [0.3, 0.4) is 0 Å². The standard InChI is InChI=1S/C11H18O2/c12-10-7-3-5-8-4-1-2-6-9(10)11(8)13/h8-10,12H,1-7H2. The van der Waals surface area contributed by atoms with E-state index in [1.807, 2.05) is 0 Å². The Morgan fingerprint density at radius 1 is 1.00 bits per heavy atom. The summed E-state index contributed by atoms with van der Waals surface area (Å²) in [7, 11) is 0. The lowest BCUT2D eigenvalue weighted by molar-refractivity contribution is -0.129. The van der Waals surface area contributed by atoms with Crippen LogP contribution in [-0.2, 0) is 4.79 Å². The van der Waals surface area contributed by atoms with Crippen molar-refractivity contribution in [2.45, 2.75) is 51.0 Å². The van der Waals surface area contributed by atoms with E-state index in [0.29, 0.717) is 5.78 Å². The van der Waals surface area contributed by atoms with Crippen molar-refractivity contribution in [3.8, 4) is 0 Å². The van der Waals surface area contributed by atoms with E-state index >= 15 is 0 Å². The molecule has 74 valence electrons. The van der Waals surface area contributed by atoms with E-state index in [9.17, 15) is 9.90 Å². The van der Waals surface area contributed by atoms with E-state index < -0.39 is 0 Å². The largest absolute Gasteiger partial charge is 0.392 e. The summed E-state index contributed by atoms with van der Waals surface area (Å²) in [6, 6.07) is 0. The Morgan fingerprint density at radius 2 is 1.69 bits per heavy atom. The van der Waals surface area contributed by atoms with E-state index in [-0.39, 0.29) is 17.9 Å².